The highest BCUT2D eigenvalue weighted by Crippen LogP contribution is 2.31. The number of aryl methyl sites for hydroxylation is 2. The van der Waals surface area contributed by atoms with Crippen molar-refractivity contribution in [2.75, 3.05) is 10.2 Å². The number of benzene rings is 1. The lowest BCUT2D eigenvalue weighted by Crippen LogP contribution is -2.51. The van der Waals surface area contributed by atoms with Crippen molar-refractivity contribution in [1.82, 2.24) is 10.3 Å². The minimum absolute atomic E-state index is 0.360. The second-order valence-corrected chi connectivity index (χ2v) is 10.3. The lowest BCUT2D eigenvalue weighted by atomic mass is 10.1. The van der Waals surface area contributed by atoms with E-state index >= 15 is 0 Å². The van der Waals surface area contributed by atoms with Gasteiger partial charge >= 0.3 is 11.8 Å². The van der Waals surface area contributed by atoms with Gasteiger partial charge in [-0.2, -0.15) is 0 Å². The Balaban J connectivity index is 1.69. The first-order chi connectivity index (χ1) is 16.2. The summed E-state index contributed by atoms with van der Waals surface area (Å²) in [6, 6.07) is 11.6. The predicted octanol–water partition coefficient (Wildman–Crippen LogP) is 4.26. The van der Waals surface area contributed by atoms with Crippen molar-refractivity contribution in [1.29, 1.82) is 0 Å². The molecule has 8 heteroatoms. The number of thiophene rings is 1. The van der Waals surface area contributed by atoms with E-state index < -0.39 is 23.4 Å². The molecule has 0 unspecified atom stereocenters. The lowest BCUT2D eigenvalue weighted by molar-refractivity contribution is -0.136. The van der Waals surface area contributed by atoms with Gasteiger partial charge in [-0.05, 0) is 86.9 Å². The van der Waals surface area contributed by atoms with E-state index in [2.05, 4.69) is 15.6 Å². The van der Waals surface area contributed by atoms with Crippen LogP contribution in [0.15, 0.2) is 60.2 Å². The Morgan fingerprint density at radius 3 is 2.53 bits per heavy atom. The highest BCUT2D eigenvalue weighted by atomic mass is 32.1. The summed E-state index contributed by atoms with van der Waals surface area (Å²) in [6.07, 6.45) is 6.13. The molecular weight excluding hydrogens is 448 g/mol. The van der Waals surface area contributed by atoms with Gasteiger partial charge in [-0.25, -0.2) is 0 Å². The number of carbonyl (C=O) groups is 3. The van der Waals surface area contributed by atoms with E-state index in [1.165, 1.54) is 33.6 Å². The fourth-order valence-corrected chi connectivity index (χ4v) is 4.89. The number of aromatic nitrogens is 1. The molecule has 0 saturated heterocycles. The lowest BCUT2D eigenvalue weighted by Gasteiger charge is -2.32. The van der Waals surface area contributed by atoms with Crippen LogP contribution in [0.2, 0.25) is 0 Å². The Labute approximate surface area is 203 Å². The number of hydrogen-bond donors (Lipinski definition) is 2. The molecule has 2 heterocycles. The Morgan fingerprint density at radius 1 is 1.06 bits per heavy atom. The second-order valence-electron chi connectivity index (χ2n) is 9.33. The van der Waals surface area contributed by atoms with E-state index in [9.17, 15) is 14.4 Å². The Bertz CT molecular complexity index is 1190. The van der Waals surface area contributed by atoms with E-state index in [1.54, 1.807) is 24.4 Å². The molecule has 1 atom stereocenters. The first-order valence-electron chi connectivity index (χ1n) is 11.2. The minimum Gasteiger partial charge on any atom is -0.349 e. The number of rotatable bonds is 5. The summed E-state index contributed by atoms with van der Waals surface area (Å²) in [6.45, 7) is 5.60. The van der Waals surface area contributed by atoms with Crippen LogP contribution in [-0.4, -0.2) is 28.2 Å². The van der Waals surface area contributed by atoms with Gasteiger partial charge in [0, 0.05) is 22.3 Å². The number of anilines is 2. The average molecular weight is 477 g/mol. The van der Waals surface area contributed by atoms with Gasteiger partial charge in [0.05, 0.1) is 11.9 Å². The molecule has 0 saturated carbocycles. The number of amides is 3. The van der Waals surface area contributed by atoms with Crippen molar-refractivity contribution in [2.45, 2.75) is 51.6 Å². The normalized spacial score (nSPS) is 13.6. The summed E-state index contributed by atoms with van der Waals surface area (Å²) in [5.41, 5.74) is 2.87. The molecule has 34 heavy (non-hydrogen) atoms. The highest BCUT2D eigenvalue weighted by Gasteiger charge is 2.38. The third-order valence-corrected chi connectivity index (χ3v) is 6.44. The van der Waals surface area contributed by atoms with Crippen molar-refractivity contribution in [3.63, 3.8) is 0 Å². The maximum Gasteiger partial charge on any atom is 0.317 e. The molecular formula is C26H28N4O3S. The smallest absolute Gasteiger partial charge is 0.317 e. The van der Waals surface area contributed by atoms with Crippen LogP contribution in [0, 0.1) is 0 Å². The zero-order valence-electron chi connectivity index (χ0n) is 19.5. The third-order valence-electron chi connectivity index (χ3n) is 5.51. The summed E-state index contributed by atoms with van der Waals surface area (Å²) < 4.78 is 0. The summed E-state index contributed by atoms with van der Waals surface area (Å²) in [7, 11) is 0. The van der Waals surface area contributed by atoms with E-state index in [0.29, 0.717) is 16.3 Å². The van der Waals surface area contributed by atoms with Crippen LogP contribution in [-0.2, 0) is 27.2 Å². The molecule has 1 aliphatic carbocycles. The van der Waals surface area contributed by atoms with E-state index in [1.807, 2.05) is 50.4 Å². The van der Waals surface area contributed by atoms with Crippen molar-refractivity contribution in [2.24, 2.45) is 0 Å². The van der Waals surface area contributed by atoms with E-state index in [4.69, 9.17) is 0 Å². The van der Waals surface area contributed by atoms with Gasteiger partial charge < -0.3 is 10.6 Å². The second kappa shape index (κ2) is 9.77. The van der Waals surface area contributed by atoms with Gasteiger partial charge in [-0.15, -0.1) is 11.3 Å². The molecule has 2 aromatic heterocycles. The quantitative estimate of drug-likeness (QED) is 0.539. The molecule has 0 aliphatic heterocycles. The molecule has 2 N–H and O–H groups in total. The Morgan fingerprint density at radius 2 is 1.85 bits per heavy atom. The van der Waals surface area contributed by atoms with Crippen molar-refractivity contribution < 1.29 is 14.4 Å². The molecule has 0 bridgehead atoms. The molecule has 176 valence electrons. The molecule has 7 nitrogen and oxygen atoms in total. The molecule has 3 amide bonds. The van der Waals surface area contributed by atoms with Crippen LogP contribution in [0.3, 0.4) is 0 Å². The predicted molar refractivity (Wildman–Crippen MR) is 134 cm³/mol. The van der Waals surface area contributed by atoms with Crippen molar-refractivity contribution >= 4 is 40.4 Å². The van der Waals surface area contributed by atoms with Gasteiger partial charge in [-0.1, -0.05) is 12.1 Å². The average Bonchev–Trinajstić information content (AvgIpc) is 3.48. The maximum atomic E-state index is 13.6. The minimum atomic E-state index is -1.03. The van der Waals surface area contributed by atoms with Crippen LogP contribution in [0.25, 0.3) is 0 Å². The topological polar surface area (TPSA) is 91.4 Å². The molecule has 0 fully saturated rings. The van der Waals surface area contributed by atoms with Crippen LogP contribution in [0.1, 0.15) is 49.2 Å². The Kier molecular flexibility index (Phi) is 6.79. The number of nitrogens with zero attached hydrogens (tertiary/aromatic N) is 2. The molecule has 3 aromatic rings. The Hall–Kier alpha value is -3.52. The highest BCUT2D eigenvalue weighted by molar-refractivity contribution is 7.10. The zero-order chi connectivity index (χ0) is 24.3. The van der Waals surface area contributed by atoms with Crippen LogP contribution in [0.5, 0.6) is 0 Å². The fraction of sp³-hybridized carbons (Fsp3) is 0.308. The largest absolute Gasteiger partial charge is 0.349 e. The molecule has 4 rings (SSSR count). The monoisotopic (exact) mass is 476 g/mol. The van der Waals surface area contributed by atoms with Gasteiger partial charge in [0.2, 0.25) is 5.91 Å². The van der Waals surface area contributed by atoms with E-state index in [-0.39, 0.29) is 5.91 Å². The standard InChI is InChI=1S/C26H28N4O3S/c1-26(2,3)29-23(31)22(21-10-6-14-34-21)30(20-9-5-13-27-16-20)25(33)24(32)28-19-12-11-17-7-4-8-18(17)15-19/h5-6,9-16,22H,4,7-8H2,1-3H3,(H,28,32)(H,29,31)/t22-/m1/s1. The summed E-state index contributed by atoms with van der Waals surface area (Å²) in [5, 5.41) is 7.52. The van der Waals surface area contributed by atoms with Gasteiger partial charge in [0.25, 0.3) is 0 Å². The molecule has 1 aromatic carbocycles. The number of hydrogen-bond acceptors (Lipinski definition) is 5. The summed E-state index contributed by atoms with van der Waals surface area (Å²) >= 11 is 1.35. The fourth-order valence-electron chi connectivity index (χ4n) is 4.08. The van der Waals surface area contributed by atoms with Crippen molar-refractivity contribution in [3.05, 3.63) is 76.2 Å². The third kappa shape index (κ3) is 5.34. The first kappa shape index (κ1) is 23.6. The number of carbonyl (C=O) groups excluding carboxylic acids is 3. The first-order valence-corrected chi connectivity index (χ1v) is 12.1. The molecule has 1 aliphatic rings. The number of fused-ring (bicyclic) bond motifs is 1. The van der Waals surface area contributed by atoms with Gasteiger partial charge in [-0.3, -0.25) is 24.3 Å². The number of nitrogens with one attached hydrogen (secondary N) is 2. The van der Waals surface area contributed by atoms with Crippen LogP contribution in [0.4, 0.5) is 11.4 Å². The summed E-state index contributed by atoms with van der Waals surface area (Å²) in [5.74, 6) is -2.03. The van der Waals surface area contributed by atoms with Crippen molar-refractivity contribution in [3.8, 4) is 0 Å². The van der Waals surface area contributed by atoms with Gasteiger partial charge in [0.15, 0.2) is 6.04 Å². The van der Waals surface area contributed by atoms with Crippen LogP contribution >= 0.6 is 11.3 Å². The maximum absolute atomic E-state index is 13.6. The van der Waals surface area contributed by atoms with E-state index in [0.717, 1.165) is 19.3 Å². The summed E-state index contributed by atoms with van der Waals surface area (Å²) in [4.78, 5) is 46.2. The number of pyridine rings is 1. The van der Waals surface area contributed by atoms with Crippen LogP contribution < -0.4 is 15.5 Å². The van der Waals surface area contributed by atoms with Gasteiger partial charge in [0.1, 0.15) is 0 Å². The SMILES string of the molecule is CC(C)(C)NC(=O)[C@@H](c1cccs1)N(C(=O)C(=O)Nc1ccc2c(c1)CCC2)c1cccnc1. The molecule has 0 radical (unpaired) electrons. The zero-order valence-corrected chi connectivity index (χ0v) is 20.3. The molecule has 0 spiro atoms.